The summed E-state index contributed by atoms with van der Waals surface area (Å²) in [6.07, 6.45) is 0.768. The summed E-state index contributed by atoms with van der Waals surface area (Å²) in [5, 5.41) is 3.10. The van der Waals surface area contributed by atoms with Gasteiger partial charge in [0.1, 0.15) is 0 Å². The first-order chi connectivity index (χ1) is 11.1. The zero-order valence-corrected chi connectivity index (χ0v) is 14.2. The molecule has 23 heavy (non-hydrogen) atoms. The Labute approximate surface area is 139 Å². The van der Waals surface area contributed by atoms with Crippen LogP contribution in [0.2, 0.25) is 0 Å². The molecule has 2 rings (SSSR count). The van der Waals surface area contributed by atoms with E-state index in [0.717, 1.165) is 6.42 Å². The monoisotopic (exact) mass is 310 g/mol. The smallest absolute Gasteiger partial charge is 0.223 e. The summed E-state index contributed by atoms with van der Waals surface area (Å²) in [6, 6.07) is 20.6. The molecule has 0 fully saturated rings. The first-order valence-electron chi connectivity index (χ1n) is 8.11. The highest BCUT2D eigenvalue weighted by molar-refractivity contribution is 5.78. The Morgan fingerprint density at radius 2 is 1.57 bits per heavy atom. The normalized spacial score (nSPS) is 13.6. The van der Waals surface area contributed by atoms with Gasteiger partial charge in [-0.25, -0.2) is 0 Å². The molecule has 0 saturated carbocycles. The zero-order valence-electron chi connectivity index (χ0n) is 14.2. The second kappa shape index (κ2) is 8.49. The second-order valence-electron chi connectivity index (χ2n) is 6.23. The van der Waals surface area contributed by atoms with E-state index in [0.29, 0.717) is 6.54 Å². The Morgan fingerprint density at radius 1 is 1.00 bits per heavy atom. The number of hydrogen-bond donors (Lipinski definition) is 1. The Bertz CT molecular complexity index is 596. The van der Waals surface area contributed by atoms with Crippen LogP contribution in [-0.4, -0.2) is 31.4 Å². The van der Waals surface area contributed by atoms with Crippen molar-refractivity contribution in [2.75, 3.05) is 20.6 Å². The molecule has 3 heteroatoms. The minimum absolute atomic E-state index is 0.0315. The van der Waals surface area contributed by atoms with Gasteiger partial charge in [-0.1, -0.05) is 67.6 Å². The molecule has 2 aromatic carbocycles. The van der Waals surface area contributed by atoms with E-state index in [9.17, 15) is 4.79 Å². The van der Waals surface area contributed by atoms with Gasteiger partial charge in [-0.2, -0.15) is 0 Å². The van der Waals surface area contributed by atoms with Gasteiger partial charge < -0.3 is 10.2 Å². The van der Waals surface area contributed by atoms with Gasteiger partial charge in [-0.05, 0) is 31.6 Å². The summed E-state index contributed by atoms with van der Waals surface area (Å²) in [4.78, 5) is 14.5. The summed E-state index contributed by atoms with van der Waals surface area (Å²) in [5.74, 6) is 0.0765. The van der Waals surface area contributed by atoms with Crippen molar-refractivity contribution < 1.29 is 4.79 Å². The number of amides is 1. The van der Waals surface area contributed by atoms with Crippen LogP contribution in [0.5, 0.6) is 0 Å². The van der Waals surface area contributed by atoms with Gasteiger partial charge in [-0.15, -0.1) is 0 Å². The maximum absolute atomic E-state index is 12.4. The molecule has 2 aromatic rings. The minimum atomic E-state index is -0.0315. The molecule has 0 radical (unpaired) electrons. The highest BCUT2D eigenvalue weighted by Gasteiger charge is 2.18. The van der Waals surface area contributed by atoms with Crippen molar-refractivity contribution in [3.8, 4) is 0 Å². The van der Waals surface area contributed by atoms with Crippen LogP contribution >= 0.6 is 0 Å². The van der Waals surface area contributed by atoms with Crippen molar-refractivity contribution in [3.63, 3.8) is 0 Å². The summed E-state index contributed by atoms with van der Waals surface area (Å²) in [5.41, 5.74) is 2.41. The second-order valence-corrected chi connectivity index (χ2v) is 6.23. The van der Waals surface area contributed by atoms with Crippen LogP contribution in [0.3, 0.4) is 0 Å². The van der Waals surface area contributed by atoms with Crippen LogP contribution in [0.4, 0.5) is 0 Å². The van der Waals surface area contributed by atoms with Gasteiger partial charge in [0.15, 0.2) is 0 Å². The molecule has 1 N–H and O–H groups in total. The molecule has 0 spiro atoms. The highest BCUT2D eigenvalue weighted by Crippen LogP contribution is 2.17. The van der Waals surface area contributed by atoms with Crippen molar-refractivity contribution in [1.82, 2.24) is 10.2 Å². The molecule has 0 heterocycles. The van der Waals surface area contributed by atoms with Crippen LogP contribution in [0, 0.1) is 5.92 Å². The topological polar surface area (TPSA) is 32.3 Å². The molecule has 0 saturated heterocycles. The lowest BCUT2D eigenvalue weighted by molar-refractivity contribution is -0.124. The summed E-state index contributed by atoms with van der Waals surface area (Å²) in [6.45, 7) is 2.60. The zero-order chi connectivity index (χ0) is 16.7. The SMILES string of the molecule is CC(Cc1ccccc1)C(=O)NCC(c1ccccc1)N(C)C. The van der Waals surface area contributed by atoms with Gasteiger partial charge in [0.05, 0.1) is 6.04 Å². The lowest BCUT2D eigenvalue weighted by atomic mass is 10.00. The molecule has 3 nitrogen and oxygen atoms in total. The molecule has 2 unspecified atom stereocenters. The average Bonchev–Trinajstić information content (AvgIpc) is 2.56. The Hall–Kier alpha value is -2.13. The quantitative estimate of drug-likeness (QED) is 0.851. The van der Waals surface area contributed by atoms with Crippen LogP contribution in [0.25, 0.3) is 0 Å². The van der Waals surface area contributed by atoms with Crippen molar-refractivity contribution >= 4 is 5.91 Å². The largest absolute Gasteiger partial charge is 0.354 e. The van der Waals surface area contributed by atoms with Gasteiger partial charge in [-0.3, -0.25) is 4.79 Å². The van der Waals surface area contributed by atoms with E-state index in [2.05, 4.69) is 34.5 Å². The molecule has 122 valence electrons. The van der Waals surface area contributed by atoms with Gasteiger partial charge >= 0.3 is 0 Å². The number of carbonyl (C=O) groups is 1. The molecular formula is C20H26N2O. The predicted octanol–water partition coefficient (Wildman–Crippen LogP) is 3.28. The predicted molar refractivity (Wildman–Crippen MR) is 95.2 cm³/mol. The lowest BCUT2D eigenvalue weighted by Gasteiger charge is -2.25. The maximum Gasteiger partial charge on any atom is 0.223 e. The number of rotatable bonds is 7. The summed E-state index contributed by atoms with van der Waals surface area (Å²) in [7, 11) is 4.08. The molecule has 0 bridgehead atoms. The van der Waals surface area contributed by atoms with Crippen molar-refractivity contribution in [3.05, 3.63) is 71.8 Å². The van der Waals surface area contributed by atoms with Crippen molar-refractivity contribution in [1.29, 1.82) is 0 Å². The molecule has 0 aliphatic heterocycles. The van der Waals surface area contributed by atoms with E-state index < -0.39 is 0 Å². The fourth-order valence-electron chi connectivity index (χ4n) is 2.71. The number of nitrogens with one attached hydrogen (secondary N) is 1. The van der Waals surface area contributed by atoms with Gasteiger partial charge in [0, 0.05) is 12.5 Å². The summed E-state index contributed by atoms with van der Waals surface area (Å²) >= 11 is 0. The van der Waals surface area contributed by atoms with E-state index in [1.165, 1.54) is 11.1 Å². The highest BCUT2D eigenvalue weighted by atomic mass is 16.1. The fraction of sp³-hybridized carbons (Fsp3) is 0.350. The van der Waals surface area contributed by atoms with Gasteiger partial charge in [0.2, 0.25) is 5.91 Å². The summed E-state index contributed by atoms with van der Waals surface area (Å²) < 4.78 is 0. The van der Waals surface area contributed by atoms with E-state index in [4.69, 9.17) is 0 Å². The van der Waals surface area contributed by atoms with Crippen LogP contribution < -0.4 is 5.32 Å². The van der Waals surface area contributed by atoms with E-state index in [1.54, 1.807) is 0 Å². The van der Waals surface area contributed by atoms with E-state index in [1.807, 2.05) is 57.4 Å². The molecule has 0 aliphatic rings. The Kier molecular flexibility index (Phi) is 6.36. The minimum Gasteiger partial charge on any atom is -0.354 e. The third-order valence-corrected chi connectivity index (χ3v) is 4.11. The van der Waals surface area contributed by atoms with Gasteiger partial charge in [0.25, 0.3) is 0 Å². The lowest BCUT2D eigenvalue weighted by Crippen LogP contribution is -2.37. The number of benzene rings is 2. The van der Waals surface area contributed by atoms with E-state index in [-0.39, 0.29) is 17.9 Å². The number of likely N-dealkylation sites (N-methyl/N-ethyl adjacent to an activating group) is 1. The molecule has 0 aliphatic carbocycles. The Morgan fingerprint density at radius 3 is 2.13 bits per heavy atom. The standard InChI is InChI=1S/C20H26N2O/c1-16(14-17-10-6-4-7-11-17)20(23)21-15-19(22(2)3)18-12-8-5-9-13-18/h4-13,16,19H,14-15H2,1-3H3,(H,21,23). The van der Waals surface area contributed by atoms with E-state index >= 15 is 0 Å². The third kappa shape index (κ3) is 5.22. The molecule has 2 atom stereocenters. The molecule has 1 amide bonds. The average molecular weight is 310 g/mol. The molecular weight excluding hydrogens is 284 g/mol. The van der Waals surface area contributed by atoms with Crippen LogP contribution in [-0.2, 0) is 11.2 Å². The first kappa shape index (κ1) is 17.2. The van der Waals surface area contributed by atoms with Crippen molar-refractivity contribution in [2.45, 2.75) is 19.4 Å². The maximum atomic E-state index is 12.4. The Balaban J connectivity index is 1.91. The fourth-order valence-corrected chi connectivity index (χ4v) is 2.71. The number of carbonyl (C=O) groups excluding carboxylic acids is 1. The van der Waals surface area contributed by atoms with Crippen LogP contribution in [0.1, 0.15) is 24.1 Å². The molecule has 0 aromatic heterocycles. The first-order valence-corrected chi connectivity index (χ1v) is 8.11. The third-order valence-electron chi connectivity index (χ3n) is 4.11. The number of nitrogens with zero attached hydrogens (tertiary/aromatic N) is 1. The number of hydrogen-bond acceptors (Lipinski definition) is 2. The van der Waals surface area contributed by atoms with Crippen LogP contribution in [0.15, 0.2) is 60.7 Å². The van der Waals surface area contributed by atoms with Crippen molar-refractivity contribution in [2.24, 2.45) is 5.92 Å².